The predicted molar refractivity (Wildman–Crippen MR) is 112 cm³/mol. The number of hydrogen-bond donors (Lipinski definition) is 1. The first-order valence-corrected chi connectivity index (χ1v) is 9.86. The minimum absolute atomic E-state index is 0.0986. The lowest BCUT2D eigenvalue weighted by molar-refractivity contribution is 0.0955. The van der Waals surface area contributed by atoms with Gasteiger partial charge in [0.2, 0.25) is 0 Å². The van der Waals surface area contributed by atoms with Crippen molar-refractivity contribution in [3.8, 4) is 11.5 Å². The average Bonchev–Trinajstić information content (AvgIpc) is 3.14. The van der Waals surface area contributed by atoms with Gasteiger partial charge in [-0.2, -0.15) is 0 Å². The van der Waals surface area contributed by atoms with Gasteiger partial charge in [0.1, 0.15) is 16.3 Å². The summed E-state index contributed by atoms with van der Waals surface area (Å²) in [6, 6.07) is 17.5. The van der Waals surface area contributed by atoms with Crippen LogP contribution in [0.2, 0.25) is 0 Å². The van der Waals surface area contributed by atoms with E-state index in [1.807, 2.05) is 55.5 Å². The summed E-state index contributed by atoms with van der Waals surface area (Å²) in [5, 5.41) is 4.96. The molecular weight excluding hydrogens is 372 g/mol. The molecule has 0 bridgehead atoms. The topological polar surface area (TPSA) is 60.5 Å². The van der Waals surface area contributed by atoms with Gasteiger partial charge < -0.3 is 14.8 Å². The minimum Gasteiger partial charge on any atom is -0.497 e. The molecule has 2 heterocycles. The third kappa shape index (κ3) is 3.77. The van der Waals surface area contributed by atoms with Gasteiger partial charge in [-0.15, -0.1) is 11.3 Å². The number of benzene rings is 2. The van der Waals surface area contributed by atoms with Gasteiger partial charge >= 0.3 is 0 Å². The third-order valence-corrected chi connectivity index (χ3v) is 5.47. The maximum Gasteiger partial charge on any atom is 0.261 e. The van der Waals surface area contributed by atoms with Crippen molar-refractivity contribution < 1.29 is 14.3 Å². The van der Waals surface area contributed by atoms with Crippen LogP contribution in [0, 0.1) is 0 Å². The van der Waals surface area contributed by atoms with Crippen molar-refractivity contribution in [3.63, 3.8) is 0 Å². The number of carbonyl (C=O) groups is 1. The van der Waals surface area contributed by atoms with Crippen molar-refractivity contribution in [2.24, 2.45) is 0 Å². The van der Waals surface area contributed by atoms with Gasteiger partial charge in [-0.25, -0.2) is 4.98 Å². The van der Waals surface area contributed by atoms with Crippen LogP contribution in [0.4, 0.5) is 0 Å². The lowest BCUT2D eigenvalue weighted by Crippen LogP contribution is -2.21. The number of rotatable bonds is 6. The Kier molecular flexibility index (Phi) is 5.12. The standard InChI is InChI=1S/C22H20N2O3S/c1-3-27-17-7-4-14(5-8-17)13-23-21(25)20-11-16-10-15-6-9-18(26-2)12-19(15)24-22(16)28-20/h4-12H,3,13H2,1-2H3,(H,23,25). The molecule has 0 aliphatic rings. The van der Waals surface area contributed by atoms with Crippen LogP contribution in [-0.2, 0) is 6.54 Å². The summed E-state index contributed by atoms with van der Waals surface area (Å²) < 4.78 is 10.7. The highest BCUT2D eigenvalue weighted by Gasteiger charge is 2.12. The van der Waals surface area contributed by atoms with Crippen LogP contribution in [-0.4, -0.2) is 24.6 Å². The number of thiophene rings is 1. The highest BCUT2D eigenvalue weighted by molar-refractivity contribution is 7.20. The number of pyridine rings is 1. The number of methoxy groups -OCH3 is 1. The first-order chi connectivity index (χ1) is 13.7. The van der Waals surface area contributed by atoms with Gasteiger partial charge in [0.05, 0.1) is 24.1 Å². The molecule has 0 spiro atoms. The van der Waals surface area contributed by atoms with Gasteiger partial charge in [0.25, 0.3) is 5.91 Å². The Hall–Kier alpha value is -3.12. The molecule has 0 unspecified atom stereocenters. The lowest BCUT2D eigenvalue weighted by Gasteiger charge is -2.06. The number of carbonyl (C=O) groups excluding carboxylic acids is 1. The van der Waals surface area contributed by atoms with E-state index < -0.39 is 0 Å². The van der Waals surface area contributed by atoms with E-state index in [1.165, 1.54) is 11.3 Å². The zero-order valence-corrected chi connectivity index (χ0v) is 16.5. The number of ether oxygens (including phenoxy) is 2. The molecule has 0 aliphatic heterocycles. The number of fused-ring (bicyclic) bond motifs is 2. The highest BCUT2D eigenvalue weighted by atomic mass is 32.1. The lowest BCUT2D eigenvalue weighted by atomic mass is 10.2. The van der Waals surface area contributed by atoms with E-state index in [1.54, 1.807) is 7.11 Å². The maximum atomic E-state index is 12.6. The monoisotopic (exact) mass is 392 g/mol. The smallest absolute Gasteiger partial charge is 0.261 e. The molecule has 0 saturated heterocycles. The molecule has 28 heavy (non-hydrogen) atoms. The summed E-state index contributed by atoms with van der Waals surface area (Å²) in [4.78, 5) is 18.7. The average molecular weight is 392 g/mol. The second-order valence-corrected chi connectivity index (χ2v) is 7.34. The first kappa shape index (κ1) is 18.3. The zero-order valence-electron chi connectivity index (χ0n) is 15.7. The van der Waals surface area contributed by atoms with Gasteiger partial charge in [-0.1, -0.05) is 12.1 Å². The molecule has 142 valence electrons. The van der Waals surface area contributed by atoms with E-state index in [9.17, 15) is 4.79 Å². The second-order valence-electron chi connectivity index (χ2n) is 6.31. The van der Waals surface area contributed by atoms with E-state index in [-0.39, 0.29) is 5.91 Å². The fourth-order valence-electron chi connectivity index (χ4n) is 2.98. The van der Waals surface area contributed by atoms with Crippen LogP contribution in [0.5, 0.6) is 11.5 Å². The van der Waals surface area contributed by atoms with Crippen molar-refractivity contribution in [2.75, 3.05) is 13.7 Å². The van der Waals surface area contributed by atoms with E-state index in [0.29, 0.717) is 18.0 Å². The molecule has 1 amide bonds. The van der Waals surface area contributed by atoms with Gasteiger partial charge in [-0.3, -0.25) is 4.79 Å². The van der Waals surface area contributed by atoms with Gasteiger partial charge in [-0.05, 0) is 48.9 Å². The number of amides is 1. The second kappa shape index (κ2) is 7.86. The summed E-state index contributed by atoms with van der Waals surface area (Å²) in [6.07, 6.45) is 0. The summed E-state index contributed by atoms with van der Waals surface area (Å²) >= 11 is 1.39. The van der Waals surface area contributed by atoms with Crippen molar-refractivity contribution >= 4 is 38.4 Å². The summed E-state index contributed by atoms with van der Waals surface area (Å²) in [5.41, 5.74) is 1.88. The molecule has 2 aromatic carbocycles. The van der Waals surface area contributed by atoms with E-state index in [2.05, 4.69) is 16.4 Å². The molecular formula is C22H20N2O3S. The molecule has 0 aliphatic carbocycles. The maximum absolute atomic E-state index is 12.6. The Morgan fingerprint density at radius 2 is 1.82 bits per heavy atom. The quantitative estimate of drug-likeness (QED) is 0.513. The van der Waals surface area contributed by atoms with Gasteiger partial charge in [0.15, 0.2) is 0 Å². The fraction of sp³-hybridized carbons (Fsp3) is 0.182. The molecule has 6 heteroatoms. The Bertz CT molecular complexity index is 1140. The molecule has 5 nitrogen and oxygen atoms in total. The number of aromatic nitrogens is 1. The first-order valence-electron chi connectivity index (χ1n) is 9.04. The summed E-state index contributed by atoms with van der Waals surface area (Å²) in [5.74, 6) is 1.50. The molecule has 0 radical (unpaired) electrons. The fourth-order valence-corrected chi connectivity index (χ4v) is 3.92. The normalized spacial score (nSPS) is 10.9. The molecule has 0 fully saturated rings. The van der Waals surface area contributed by atoms with Crippen molar-refractivity contribution in [2.45, 2.75) is 13.5 Å². The predicted octanol–water partition coefficient (Wildman–Crippen LogP) is 4.79. The minimum atomic E-state index is -0.0986. The van der Waals surface area contributed by atoms with E-state index in [4.69, 9.17) is 9.47 Å². The van der Waals surface area contributed by atoms with Crippen molar-refractivity contribution in [1.82, 2.24) is 10.3 Å². The molecule has 4 aromatic rings. The molecule has 0 atom stereocenters. The van der Waals surface area contributed by atoms with Gasteiger partial charge in [0, 0.05) is 23.4 Å². The van der Waals surface area contributed by atoms with Crippen LogP contribution in [0.15, 0.2) is 54.6 Å². The summed E-state index contributed by atoms with van der Waals surface area (Å²) in [7, 11) is 1.64. The third-order valence-electron chi connectivity index (χ3n) is 4.42. The number of nitrogens with zero attached hydrogens (tertiary/aromatic N) is 1. The highest BCUT2D eigenvalue weighted by Crippen LogP contribution is 2.29. The van der Waals surface area contributed by atoms with Crippen LogP contribution in [0.3, 0.4) is 0 Å². The Labute approximate surface area is 166 Å². The van der Waals surface area contributed by atoms with Crippen LogP contribution in [0.1, 0.15) is 22.2 Å². The summed E-state index contributed by atoms with van der Waals surface area (Å²) in [6.45, 7) is 3.05. The van der Waals surface area contributed by atoms with Crippen LogP contribution in [0.25, 0.3) is 21.1 Å². The Balaban J connectivity index is 1.51. The van der Waals surface area contributed by atoms with Crippen molar-refractivity contribution in [3.05, 3.63) is 65.0 Å². The van der Waals surface area contributed by atoms with Crippen molar-refractivity contribution in [1.29, 1.82) is 0 Å². The SMILES string of the molecule is CCOc1ccc(CNC(=O)c2cc3cc4ccc(OC)cc4nc3s2)cc1. The molecule has 4 rings (SSSR count). The largest absolute Gasteiger partial charge is 0.497 e. The molecule has 1 N–H and O–H groups in total. The zero-order chi connectivity index (χ0) is 19.5. The van der Waals surface area contributed by atoms with Crippen LogP contribution >= 0.6 is 11.3 Å². The number of hydrogen-bond acceptors (Lipinski definition) is 5. The van der Waals surface area contributed by atoms with Crippen LogP contribution < -0.4 is 14.8 Å². The Morgan fingerprint density at radius 3 is 2.57 bits per heavy atom. The molecule has 2 aromatic heterocycles. The van der Waals surface area contributed by atoms with E-state index >= 15 is 0 Å². The number of nitrogens with one attached hydrogen (secondary N) is 1. The van der Waals surface area contributed by atoms with E-state index in [0.717, 1.165) is 38.2 Å². The molecule has 0 saturated carbocycles. The Morgan fingerprint density at radius 1 is 1.04 bits per heavy atom.